The van der Waals surface area contributed by atoms with Gasteiger partial charge in [0.1, 0.15) is 11.5 Å². The van der Waals surface area contributed by atoms with Crippen LogP contribution in [0.5, 0.6) is 0 Å². The summed E-state index contributed by atoms with van der Waals surface area (Å²) in [6.07, 6.45) is 3.30. The molecule has 2 aromatic rings. The predicted molar refractivity (Wildman–Crippen MR) is 100 cm³/mol. The smallest absolute Gasteiger partial charge is 0.143 e. The molecule has 0 aromatic heterocycles. The van der Waals surface area contributed by atoms with Gasteiger partial charge in [-0.3, -0.25) is 0 Å². The van der Waals surface area contributed by atoms with Gasteiger partial charge >= 0.3 is 0 Å². The molecule has 1 heteroatoms. The number of hydrogen-bond acceptors (Lipinski definition) is 1. The van der Waals surface area contributed by atoms with Gasteiger partial charge in [0.15, 0.2) is 0 Å². The normalized spacial score (nSPS) is 13.5. The van der Waals surface area contributed by atoms with E-state index in [2.05, 4.69) is 67.6 Å². The van der Waals surface area contributed by atoms with Crippen LogP contribution in [0.25, 0.3) is 33.7 Å². The maximum Gasteiger partial charge on any atom is 0.143 e. The molecule has 116 valence electrons. The van der Waals surface area contributed by atoms with Crippen molar-refractivity contribution in [3.8, 4) is 11.3 Å². The Balaban J connectivity index is 1.85. The van der Waals surface area contributed by atoms with Crippen molar-refractivity contribution in [1.29, 1.82) is 0 Å². The van der Waals surface area contributed by atoms with Crippen molar-refractivity contribution in [2.45, 2.75) is 20.3 Å². The highest BCUT2D eigenvalue weighted by Crippen LogP contribution is 2.47. The van der Waals surface area contributed by atoms with E-state index < -0.39 is 0 Å². The van der Waals surface area contributed by atoms with Crippen molar-refractivity contribution in [3.63, 3.8) is 0 Å². The Morgan fingerprint density at radius 2 is 1.54 bits per heavy atom. The van der Waals surface area contributed by atoms with E-state index in [9.17, 15) is 0 Å². The highest BCUT2D eigenvalue weighted by Gasteiger charge is 2.26. The first-order valence-electron chi connectivity index (χ1n) is 8.42. The van der Waals surface area contributed by atoms with E-state index in [-0.39, 0.29) is 0 Å². The van der Waals surface area contributed by atoms with E-state index >= 15 is 0 Å². The van der Waals surface area contributed by atoms with Crippen molar-refractivity contribution < 1.29 is 4.42 Å². The minimum Gasteiger partial charge on any atom is -0.461 e. The number of fused-ring (bicyclic) bond motifs is 4. The monoisotopic (exact) mass is 310 g/mol. The summed E-state index contributed by atoms with van der Waals surface area (Å²) in [6, 6.07) is 19.5. The molecule has 0 atom stereocenters. The van der Waals surface area contributed by atoms with Gasteiger partial charge < -0.3 is 4.42 Å². The van der Waals surface area contributed by atoms with Crippen molar-refractivity contribution in [1.82, 2.24) is 0 Å². The zero-order valence-corrected chi connectivity index (χ0v) is 13.9. The molecule has 0 unspecified atom stereocenters. The Bertz CT molecular complexity index is 1090. The third-order valence-corrected chi connectivity index (χ3v) is 5.08. The fourth-order valence-electron chi connectivity index (χ4n) is 4.11. The van der Waals surface area contributed by atoms with Crippen molar-refractivity contribution in [2.75, 3.05) is 0 Å². The molecule has 5 rings (SSSR count). The molecular formula is C23H18O. The quantitative estimate of drug-likeness (QED) is 0.405. The second-order valence-electron chi connectivity index (χ2n) is 6.71. The van der Waals surface area contributed by atoms with E-state index in [1.807, 2.05) is 6.92 Å². The van der Waals surface area contributed by atoms with Crippen LogP contribution in [0.3, 0.4) is 0 Å². The lowest BCUT2D eigenvalue weighted by atomic mass is 10.0. The standard InChI is InChI=1S/C23H18O/c1-14-11-15(2)24-23-21(14)19-9-5-6-10-20(19)22(23)18-12-16-7-3-4-8-17(16)13-18/h3-12H,13H2,1-2H3. The van der Waals surface area contributed by atoms with E-state index in [1.165, 1.54) is 44.2 Å². The summed E-state index contributed by atoms with van der Waals surface area (Å²) in [6.45, 7) is 4.21. The molecule has 2 aromatic carbocycles. The molecule has 1 nitrogen and oxygen atoms in total. The van der Waals surface area contributed by atoms with Gasteiger partial charge in [-0.1, -0.05) is 54.6 Å². The fourth-order valence-corrected chi connectivity index (χ4v) is 4.11. The summed E-state index contributed by atoms with van der Waals surface area (Å²) in [5.41, 5.74) is 7.89. The van der Waals surface area contributed by atoms with Crippen LogP contribution in [-0.4, -0.2) is 0 Å². The third kappa shape index (κ3) is 1.81. The van der Waals surface area contributed by atoms with Gasteiger partial charge in [-0.2, -0.15) is 0 Å². The number of hydrogen-bond donors (Lipinski definition) is 0. The van der Waals surface area contributed by atoms with Gasteiger partial charge in [-0.05, 0) is 59.4 Å². The summed E-state index contributed by atoms with van der Waals surface area (Å²) in [4.78, 5) is 0. The van der Waals surface area contributed by atoms with Crippen LogP contribution >= 0.6 is 0 Å². The van der Waals surface area contributed by atoms with Crippen LogP contribution in [0.4, 0.5) is 0 Å². The van der Waals surface area contributed by atoms with Crippen LogP contribution in [0.1, 0.15) is 28.0 Å². The first-order chi connectivity index (χ1) is 11.7. The highest BCUT2D eigenvalue weighted by molar-refractivity contribution is 6.13. The van der Waals surface area contributed by atoms with E-state index in [4.69, 9.17) is 4.42 Å². The third-order valence-electron chi connectivity index (χ3n) is 5.08. The SMILES string of the molecule is Cc1cc(C)c2c3ccccc3c(C3=Cc4ccccc4C3)c-2o1. The fraction of sp³-hybridized carbons (Fsp3) is 0.130. The highest BCUT2D eigenvalue weighted by atomic mass is 16.3. The Morgan fingerprint density at radius 1 is 0.833 bits per heavy atom. The minimum atomic E-state index is 0.965. The molecule has 0 amide bonds. The number of aryl methyl sites for hydroxylation is 2. The zero-order valence-electron chi connectivity index (χ0n) is 13.9. The summed E-state index contributed by atoms with van der Waals surface area (Å²) in [5.74, 6) is 2.00. The molecule has 0 N–H and O–H groups in total. The molecule has 0 saturated heterocycles. The van der Waals surface area contributed by atoms with Crippen molar-refractivity contribution in [2.24, 2.45) is 0 Å². The van der Waals surface area contributed by atoms with E-state index in [1.54, 1.807) is 0 Å². The first kappa shape index (κ1) is 13.6. The lowest BCUT2D eigenvalue weighted by Gasteiger charge is -2.09. The average molecular weight is 310 g/mol. The molecule has 0 radical (unpaired) electrons. The summed E-state index contributed by atoms with van der Waals surface area (Å²) in [5, 5.41) is 2.59. The largest absolute Gasteiger partial charge is 0.461 e. The Hall–Kier alpha value is -2.80. The Kier molecular flexibility index (Phi) is 2.75. The molecule has 0 fully saturated rings. The molecule has 0 bridgehead atoms. The van der Waals surface area contributed by atoms with Crippen molar-refractivity contribution in [3.05, 3.63) is 82.6 Å². The van der Waals surface area contributed by atoms with Crippen LogP contribution in [0.15, 0.2) is 59.0 Å². The summed E-state index contributed by atoms with van der Waals surface area (Å²) >= 11 is 0. The maximum absolute atomic E-state index is 6.23. The Labute approximate surface area is 141 Å². The van der Waals surface area contributed by atoms with E-state index in [0.717, 1.165) is 17.9 Å². The van der Waals surface area contributed by atoms with Crippen LogP contribution in [0.2, 0.25) is 0 Å². The van der Waals surface area contributed by atoms with Gasteiger partial charge in [0, 0.05) is 11.1 Å². The number of allylic oxidation sites excluding steroid dienone is 1. The number of benzene rings is 2. The molecule has 0 spiro atoms. The number of rotatable bonds is 1. The lowest BCUT2D eigenvalue weighted by molar-refractivity contribution is 0.530. The molecule has 24 heavy (non-hydrogen) atoms. The van der Waals surface area contributed by atoms with Crippen LogP contribution in [-0.2, 0) is 6.42 Å². The van der Waals surface area contributed by atoms with Gasteiger partial charge in [-0.15, -0.1) is 0 Å². The van der Waals surface area contributed by atoms with E-state index in [0.29, 0.717) is 0 Å². The molecule has 1 aliphatic heterocycles. The zero-order chi connectivity index (χ0) is 16.3. The van der Waals surface area contributed by atoms with Crippen LogP contribution in [0, 0.1) is 13.8 Å². The molecule has 3 aliphatic rings. The molecular weight excluding hydrogens is 292 g/mol. The topological polar surface area (TPSA) is 13.1 Å². The summed E-state index contributed by atoms with van der Waals surface area (Å²) < 4.78 is 6.23. The van der Waals surface area contributed by atoms with Gasteiger partial charge in [0.2, 0.25) is 0 Å². The van der Waals surface area contributed by atoms with Crippen LogP contribution < -0.4 is 0 Å². The van der Waals surface area contributed by atoms with Gasteiger partial charge in [0.05, 0.1) is 0 Å². The summed E-state index contributed by atoms with van der Waals surface area (Å²) in [7, 11) is 0. The van der Waals surface area contributed by atoms with Crippen molar-refractivity contribution >= 4 is 22.4 Å². The maximum atomic E-state index is 6.23. The predicted octanol–water partition coefficient (Wildman–Crippen LogP) is 6.25. The molecule has 0 saturated carbocycles. The first-order valence-corrected chi connectivity index (χ1v) is 8.42. The molecule has 1 heterocycles. The average Bonchev–Trinajstić information content (AvgIpc) is 3.12. The van der Waals surface area contributed by atoms with Gasteiger partial charge in [-0.25, -0.2) is 0 Å². The Morgan fingerprint density at radius 3 is 2.33 bits per heavy atom. The second-order valence-corrected chi connectivity index (χ2v) is 6.71. The molecule has 2 aliphatic carbocycles. The lowest BCUT2D eigenvalue weighted by Crippen LogP contribution is -1.89. The second kappa shape index (κ2) is 4.85. The minimum absolute atomic E-state index is 0.965. The van der Waals surface area contributed by atoms with Gasteiger partial charge in [0.25, 0.3) is 0 Å².